The van der Waals surface area contributed by atoms with Crippen LogP contribution in [0.25, 0.3) is 10.8 Å². The van der Waals surface area contributed by atoms with E-state index in [1.54, 1.807) is 6.20 Å². The largest absolute Gasteiger partial charge is 0.373 e. The van der Waals surface area contributed by atoms with Crippen molar-refractivity contribution in [3.63, 3.8) is 0 Å². The fraction of sp³-hybridized carbons (Fsp3) is 0.375. The molecule has 0 aliphatic carbocycles. The molecule has 1 atom stereocenters. The van der Waals surface area contributed by atoms with E-state index in [2.05, 4.69) is 10.3 Å². The minimum Gasteiger partial charge on any atom is -0.373 e. The van der Waals surface area contributed by atoms with Crippen LogP contribution in [0, 0.1) is 0 Å². The number of amides is 1. The van der Waals surface area contributed by atoms with Gasteiger partial charge in [-0.1, -0.05) is 24.3 Å². The molecule has 1 aromatic heterocycles. The molecule has 1 N–H and O–H groups in total. The van der Waals surface area contributed by atoms with Gasteiger partial charge < -0.3 is 10.2 Å². The zero-order valence-corrected chi connectivity index (χ0v) is 13.1. The standard InChI is InChI=1S/C16H19N3OS/c1-17-15-13-6-4-3-5-12(13)14(9-18-15)16(20)19(2)11-7-8-21-10-11/h3-6,9,11H,7-8,10H2,1-2H3,(H,17,18). The molecule has 1 aromatic carbocycles. The first-order valence-corrected chi connectivity index (χ1v) is 8.28. The molecular weight excluding hydrogens is 282 g/mol. The van der Waals surface area contributed by atoms with E-state index in [9.17, 15) is 4.79 Å². The molecule has 1 saturated heterocycles. The van der Waals surface area contributed by atoms with Gasteiger partial charge in [-0.25, -0.2) is 4.98 Å². The van der Waals surface area contributed by atoms with Gasteiger partial charge in [0.1, 0.15) is 5.82 Å². The molecule has 0 saturated carbocycles. The van der Waals surface area contributed by atoms with Gasteiger partial charge in [0.2, 0.25) is 0 Å². The number of carbonyl (C=O) groups is 1. The van der Waals surface area contributed by atoms with Gasteiger partial charge in [0.05, 0.1) is 5.56 Å². The fourth-order valence-corrected chi connectivity index (χ4v) is 4.01. The Kier molecular flexibility index (Phi) is 4.01. The SMILES string of the molecule is CNc1ncc(C(=O)N(C)C2CCSC2)c2ccccc12. The lowest BCUT2D eigenvalue weighted by Crippen LogP contribution is -2.37. The van der Waals surface area contributed by atoms with Gasteiger partial charge in [-0.15, -0.1) is 0 Å². The van der Waals surface area contributed by atoms with Crippen LogP contribution in [0.4, 0.5) is 5.82 Å². The van der Waals surface area contributed by atoms with Gasteiger partial charge in [0.15, 0.2) is 0 Å². The van der Waals surface area contributed by atoms with Crippen LogP contribution < -0.4 is 5.32 Å². The number of benzene rings is 1. The van der Waals surface area contributed by atoms with Crippen LogP contribution in [0.1, 0.15) is 16.8 Å². The molecule has 1 amide bonds. The van der Waals surface area contributed by atoms with E-state index in [4.69, 9.17) is 0 Å². The van der Waals surface area contributed by atoms with Gasteiger partial charge in [0.25, 0.3) is 5.91 Å². The molecule has 2 aromatic rings. The molecule has 0 radical (unpaired) electrons. The third-order valence-electron chi connectivity index (χ3n) is 4.04. The molecule has 1 fully saturated rings. The highest BCUT2D eigenvalue weighted by molar-refractivity contribution is 7.99. The maximum atomic E-state index is 12.8. The summed E-state index contributed by atoms with van der Waals surface area (Å²) >= 11 is 1.91. The molecule has 0 bridgehead atoms. The summed E-state index contributed by atoms with van der Waals surface area (Å²) < 4.78 is 0. The second-order valence-corrected chi connectivity index (χ2v) is 6.40. The number of rotatable bonds is 3. The second-order valence-electron chi connectivity index (χ2n) is 5.25. The van der Waals surface area contributed by atoms with E-state index in [0.29, 0.717) is 11.6 Å². The van der Waals surface area contributed by atoms with E-state index in [-0.39, 0.29) is 5.91 Å². The van der Waals surface area contributed by atoms with Crippen molar-refractivity contribution in [2.24, 2.45) is 0 Å². The summed E-state index contributed by atoms with van der Waals surface area (Å²) in [6, 6.07) is 8.25. The van der Waals surface area contributed by atoms with Crippen LogP contribution >= 0.6 is 11.8 Å². The number of fused-ring (bicyclic) bond motifs is 1. The fourth-order valence-electron chi connectivity index (χ4n) is 2.75. The monoisotopic (exact) mass is 301 g/mol. The Balaban J connectivity index is 2.02. The third-order valence-corrected chi connectivity index (χ3v) is 5.18. The average molecular weight is 301 g/mol. The Hall–Kier alpha value is -1.75. The average Bonchev–Trinajstić information content (AvgIpc) is 3.07. The molecule has 110 valence electrons. The number of hydrogen-bond acceptors (Lipinski definition) is 4. The molecule has 5 heteroatoms. The first-order chi connectivity index (χ1) is 10.2. The molecule has 3 rings (SSSR count). The summed E-state index contributed by atoms with van der Waals surface area (Å²) in [7, 11) is 3.75. The highest BCUT2D eigenvalue weighted by Crippen LogP contribution is 2.27. The van der Waals surface area contributed by atoms with Crippen LogP contribution in [0.2, 0.25) is 0 Å². The minimum absolute atomic E-state index is 0.0638. The first kappa shape index (κ1) is 14.2. The predicted octanol–water partition coefficient (Wildman–Crippen LogP) is 2.85. The lowest BCUT2D eigenvalue weighted by Gasteiger charge is -2.24. The molecular formula is C16H19N3OS. The highest BCUT2D eigenvalue weighted by Gasteiger charge is 2.26. The molecule has 4 nitrogen and oxygen atoms in total. The van der Waals surface area contributed by atoms with Gasteiger partial charge in [0, 0.05) is 37.5 Å². The van der Waals surface area contributed by atoms with E-state index < -0.39 is 0 Å². The number of aromatic nitrogens is 1. The Morgan fingerprint density at radius 3 is 2.81 bits per heavy atom. The van der Waals surface area contributed by atoms with Crippen LogP contribution in [-0.2, 0) is 0 Å². The van der Waals surface area contributed by atoms with Gasteiger partial charge in [-0.2, -0.15) is 11.8 Å². The maximum Gasteiger partial charge on any atom is 0.256 e. The Morgan fingerprint density at radius 2 is 2.14 bits per heavy atom. The van der Waals surface area contributed by atoms with E-state index >= 15 is 0 Å². The third kappa shape index (κ3) is 2.58. The molecule has 21 heavy (non-hydrogen) atoms. The van der Waals surface area contributed by atoms with Crippen molar-refractivity contribution >= 4 is 34.3 Å². The highest BCUT2D eigenvalue weighted by atomic mass is 32.2. The van der Waals surface area contributed by atoms with Crippen molar-refractivity contribution in [2.45, 2.75) is 12.5 Å². The number of nitrogens with zero attached hydrogens (tertiary/aromatic N) is 2. The summed E-state index contributed by atoms with van der Waals surface area (Å²) in [6.07, 6.45) is 2.77. The molecule has 1 aliphatic heterocycles. The number of carbonyl (C=O) groups excluding carboxylic acids is 1. The lowest BCUT2D eigenvalue weighted by atomic mass is 10.1. The normalized spacial score (nSPS) is 17.9. The Labute approximate surface area is 128 Å². The summed E-state index contributed by atoms with van der Waals surface area (Å²) in [6.45, 7) is 0. The number of anilines is 1. The second kappa shape index (κ2) is 5.93. The van der Waals surface area contributed by atoms with Gasteiger partial charge in [-0.05, 0) is 17.6 Å². The quantitative estimate of drug-likeness (QED) is 0.947. The van der Waals surface area contributed by atoms with Gasteiger partial charge >= 0.3 is 0 Å². The summed E-state index contributed by atoms with van der Waals surface area (Å²) in [5.74, 6) is 3.04. The Morgan fingerprint density at radius 1 is 1.38 bits per heavy atom. The van der Waals surface area contributed by atoms with E-state index in [0.717, 1.165) is 34.5 Å². The van der Waals surface area contributed by atoms with Crippen molar-refractivity contribution < 1.29 is 4.79 Å². The summed E-state index contributed by atoms with van der Waals surface area (Å²) in [4.78, 5) is 19.1. The first-order valence-electron chi connectivity index (χ1n) is 7.12. The lowest BCUT2D eigenvalue weighted by molar-refractivity contribution is 0.0749. The van der Waals surface area contributed by atoms with Crippen molar-refractivity contribution in [3.05, 3.63) is 36.0 Å². The minimum atomic E-state index is 0.0638. The summed E-state index contributed by atoms with van der Waals surface area (Å²) in [5.41, 5.74) is 0.684. The topological polar surface area (TPSA) is 45.2 Å². The Bertz CT molecular complexity index is 668. The van der Waals surface area contributed by atoms with Crippen molar-refractivity contribution in [1.82, 2.24) is 9.88 Å². The van der Waals surface area contributed by atoms with E-state index in [1.807, 2.05) is 55.0 Å². The van der Waals surface area contributed by atoms with Crippen molar-refractivity contribution in [1.29, 1.82) is 0 Å². The van der Waals surface area contributed by atoms with Crippen LogP contribution in [0.5, 0.6) is 0 Å². The number of pyridine rings is 1. The zero-order chi connectivity index (χ0) is 14.8. The van der Waals surface area contributed by atoms with Crippen LogP contribution in [-0.4, -0.2) is 47.4 Å². The maximum absolute atomic E-state index is 12.8. The summed E-state index contributed by atoms with van der Waals surface area (Å²) in [5, 5.41) is 5.02. The van der Waals surface area contributed by atoms with Crippen molar-refractivity contribution in [3.8, 4) is 0 Å². The van der Waals surface area contributed by atoms with E-state index in [1.165, 1.54) is 0 Å². The zero-order valence-electron chi connectivity index (χ0n) is 12.3. The number of thioether (sulfide) groups is 1. The molecule has 2 heterocycles. The van der Waals surface area contributed by atoms with Crippen molar-refractivity contribution in [2.75, 3.05) is 30.9 Å². The van der Waals surface area contributed by atoms with Crippen LogP contribution in [0.15, 0.2) is 30.5 Å². The predicted molar refractivity (Wildman–Crippen MR) is 89.1 cm³/mol. The number of hydrogen-bond donors (Lipinski definition) is 1. The number of nitrogens with one attached hydrogen (secondary N) is 1. The molecule has 1 unspecified atom stereocenters. The van der Waals surface area contributed by atoms with Gasteiger partial charge in [-0.3, -0.25) is 4.79 Å². The van der Waals surface area contributed by atoms with Crippen LogP contribution in [0.3, 0.4) is 0 Å². The molecule has 0 spiro atoms. The molecule has 1 aliphatic rings. The smallest absolute Gasteiger partial charge is 0.256 e.